The Morgan fingerprint density at radius 1 is 1.45 bits per heavy atom. The Bertz CT molecular complexity index is 275. The van der Waals surface area contributed by atoms with E-state index < -0.39 is 0 Å². The van der Waals surface area contributed by atoms with Gasteiger partial charge in [0.15, 0.2) is 0 Å². The van der Waals surface area contributed by atoms with E-state index in [2.05, 4.69) is 19.1 Å². The van der Waals surface area contributed by atoms with Gasteiger partial charge in [0.2, 0.25) is 0 Å². The van der Waals surface area contributed by atoms with E-state index in [1.807, 2.05) is 18.2 Å². The SMILES string of the molecule is CC[Te]c1ccccc1C#N. The van der Waals surface area contributed by atoms with Crippen LogP contribution in [-0.4, -0.2) is 20.9 Å². The molecule has 1 nitrogen and oxygen atoms in total. The Balaban J connectivity index is 2.95. The van der Waals surface area contributed by atoms with Crippen molar-refractivity contribution in [3.8, 4) is 6.07 Å². The first-order valence-corrected chi connectivity index (χ1v) is 6.31. The quantitative estimate of drug-likeness (QED) is 0.735. The van der Waals surface area contributed by atoms with Gasteiger partial charge in [0.1, 0.15) is 0 Å². The van der Waals surface area contributed by atoms with Crippen molar-refractivity contribution in [1.29, 1.82) is 5.26 Å². The minimum absolute atomic E-state index is 0.0887. The molecule has 11 heavy (non-hydrogen) atoms. The average molecular weight is 259 g/mol. The van der Waals surface area contributed by atoms with E-state index in [0.29, 0.717) is 0 Å². The van der Waals surface area contributed by atoms with E-state index in [4.69, 9.17) is 5.26 Å². The predicted molar refractivity (Wildman–Crippen MR) is 47.0 cm³/mol. The average Bonchev–Trinajstić information content (AvgIpc) is 2.06. The Hall–Kier alpha value is -0.500. The summed E-state index contributed by atoms with van der Waals surface area (Å²) in [4.78, 5) is 0. The summed E-state index contributed by atoms with van der Waals surface area (Å²) < 4.78 is 2.52. The summed E-state index contributed by atoms with van der Waals surface area (Å²) in [6, 6.07) is 10.1. The first-order valence-electron chi connectivity index (χ1n) is 3.50. The van der Waals surface area contributed by atoms with E-state index in [9.17, 15) is 0 Å². The molecule has 0 radical (unpaired) electrons. The fourth-order valence-electron chi connectivity index (χ4n) is 0.840. The topological polar surface area (TPSA) is 23.8 Å². The summed E-state index contributed by atoms with van der Waals surface area (Å²) in [5.41, 5.74) is 0.872. The van der Waals surface area contributed by atoms with E-state index in [-0.39, 0.29) is 20.9 Å². The summed E-state index contributed by atoms with van der Waals surface area (Å²) in [6.07, 6.45) is 0. The van der Waals surface area contributed by atoms with Crippen LogP contribution in [0.1, 0.15) is 12.5 Å². The molecule has 0 saturated heterocycles. The summed E-state index contributed by atoms with van der Waals surface area (Å²) >= 11 is -0.0887. The van der Waals surface area contributed by atoms with Crippen molar-refractivity contribution in [3.05, 3.63) is 29.8 Å². The second kappa shape index (κ2) is 4.39. The van der Waals surface area contributed by atoms with Gasteiger partial charge in [-0.15, -0.1) is 0 Å². The first-order chi connectivity index (χ1) is 5.38. The summed E-state index contributed by atoms with van der Waals surface area (Å²) in [5, 5.41) is 8.72. The molecule has 0 aromatic heterocycles. The second-order valence-corrected chi connectivity index (χ2v) is 5.77. The van der Waals surface area contributed by atoms with E-state index in [0.717, 1.165) is 5.56 Å². The van der Waals surface area contributed by atoms with Gasteiger partial charge >= 0.3 is 77.1 Å². The monoisotopic (exact) mass is 261 g/mol. The number of nitrogens with zero attached hydrogens (tertiary/aromatic N) is 1. The normalized spacial score (nSPS) is 9.09. The molecule has 0 atom stereocenters. The molecule has 56 valence electrons. The molecule has 0 aliphatic carbocycles. The molecule has 0 N–H and O–H groups in total. The third-order valence-corrected chi connectivity index (χ3v) is 4.03. The molecule has 1 aromatic carbocycles. The molecule has 0 spiro atoms. The molecule has 0 amide bonds. The minimum atomic E-state index is -0.0887. The van der Waals surface area contributed by atoms with Crippen molar-refractivity contribution in [1.82, 2.24) is 0 Å². The van der Waals surface area contributed by atoms with E-state index in [1.165, 1.54) is 8.08 Å². The van der Waals surface area contributed by atoms with Crippen LogP contribution in [0.2, 0.25) is 4.47 Å². The van der Waals surface area contributed by atoms with Gasteiger partial charge in [0.05, 0.1) is 0 Å². The van der Waals surface area contributed by atoms with Crippen LogP contribution in [0.25, 0.3) is 0 Å². The molecule has 0 saturated carbocycles. The number of benzene rings is 1. The predicted octanol–water partition coefficient (Wildman–Crippen LogP) is 1.33. The van der Waals surface area contributed by atoms with Crippen molar-refractivity contribution >= 4 is 24.5 Å². The number of hydrogen-bond donors (Lipinski definition) is 0. The van der Waals surface area contributed by atoms with Gasteiger partial charge in [-0.2, -0.15) is 0 Å². The van der Waals surface area contributed by atoms with Gasteiger partial charge in [-0.1, -0.05) is 0 Å². The maximum atomic E-state index is 8.72. The molecule has 0 heterocycles. The molecule has 0 aliphatic rings. The Kier molecular flexibility index (Phi) is 3.43. The van der Waals surface area contributed by atoms with Gasteiger partial charge in [0, 0.05) is 0 Å². The van der Waals surface area contributed by atoms with Crippen LogP contribution in [0, 0.1) is 11.3 Å². The Morgan fingerprint density at radius 2 is 2.18 bits per heavy atom. The van der Waals surface area contributed by atoms with Crippen LogP contribution in [0.15, 0.2) is 24.3 Å². The van der Waals surface area contributed by atoms with Gasteiger partial charge < -0.3 is 0 Å². The molecular formula is C9H9NTe. The zero-order valence-corrected chi connectivity index (χ0v) is 8.70. The Morgan fingerprint density at radius 3 is 2.82 bits per heavy atom. The third kappa shape index (κ3) is 2.22. The van der Waals surface area contributed by atoms with Crippen LogP contribution in [-0.2, 0) is 0 Å². The van der Waals surface area contributed by atoms with Gasteiger partial charge in [-0.25, -0.2) is 0 Å². The number of rotatable bonds is 2. The van der Waals surface area contributed by atoms with Gasteiger partial charge in [0.25, 0.3) is 0 Å². The zero-order valence-electron chi connectivity index (χ0n) is 6.37. The summed E-state index contributed by atoms with van der Waals surface area (Å²) in [6.45, 7) is 2.18. The van der Waals surface area contributed by atoms with Crippen LogP contribution in [0.4, 0.5) is 0 Å². The molecular weight excluding hydrogens is 250 g/mol. The van der Waals surface area contributed by atoms with Crippen LogP contribution in [0.5, 0.6) is 0 Å². The van der Waals surface area contributed by atoms with Gasteiger partial charge in [-0.3, -0.25) is 0 Å². The van der Waals surface area contributed by atoms with Gasteiger partial charge in [-0.05, 0) is 0 Å². The maximum absolute atomic E-state index is 8.72. The fourth-order valence-corrected chi connectivity index (χ4v) is 3.00. The molecule has 0 aliphatic heterocycles. The van der Waals surface area contributed by atoms with E-state index in [1.54, 1.807) is 0 Å². The van der Waals surface area contributed by atoms with Crippen LogP contribution < -0.4 is 3.61 Å². The molecule has 0 unspecified atom stereocenters. The van der Waals surface area contributed by atoms with Crippen molar-refractivity contribution in [2.24, 2.45) is 0 Å². The fraction of sp³-hybridized carbons (Fsp3) is 0.222. The third-order valence-electron chi connectivity index (χ3n) is 1.31. The standard InChI is InChI=1S/C9H9NTe/c1-2-11-9-6-4-3-5-8(9)7-10/h3-6H,2H2,1H3. The first kappa shape index (κ1) is 8.59. The number of nitriles is 1. The molecule has 2 heteroatoms. The zero-order chi connectivity index (χ0) is 8.10. The van der Waals surface area contributed by atoms with E-state index >= 15 is 0 Å². The second-order valence-electron chi connectivity index (χ2n) is 2.04. The number of hydrogen-bond acceptors (Lipinski definition) is 1. The molecule has 0 fully saturated rings. The van der Waals surface area contributed by atoms with Crippen molar-refractivity contribution in [2.75, 3.05) is 0 Å². The van der Waals surface area contributed by atoms with Crippen LogP contribution >= 0.6 is 0 Å². The Labute approximate surface area is 77.1 Å². The van der Waals surface area contributed by atoms with Crippen LogP contribution in [0.3, 0.4) is 0 Å². The van der Waals surface area contributed by atoms with Crippen molar-refractivity contribution in [2.45, 2.75) is 11.4 Å². The summed E-state index contributed by atoms with van der Waals surface area (Å²) in [7, 11) is 0. The summed E-state index contributed by atoms with van der Waals surface area (Å²) in [5.74, 6) is 0. The van der Waals surface area contributed by atoms with Crippen molar-refractivity contribution < 1.29 is 0 Å². The molecule has 0 bridgehead atoms. The molecule has 1 rings (SSSR count). The van der Waals surface area contributed by atoms with Crippen molar-refractivity contribution in [3.63, 3.8) is 0 Å². The molecule has 1 aromatic rings.